The number of amides is 1. The van der Waals surface area contributed by atoms with E-state index in [1.54, 1.807) is 13.2 Å². The van der Waals surface area contributed by atoms with Crippen LogP contribution in [-0.4, -0.2) is 27.5 Å². The van der Waals surface area contributed by atoms with Gasteiger partial charge in [0.05, 0.1) is 23.5 Å². The molecule has 7 nitrogen and oxygen atoms in total. The summed E-state index contributed by atoms with van der Waals surface area (Å²) >= 11 is 0. The van der Waals surface area contributed by atoms with Crippen molar-refractivity contribution in [3.63, 3.8) is 0 Å². The van der Waals surface area contributed by atoms with E-state index in [0.717, 1.165) is 5.56 Å². The number of ether oxygens (including phenoxy) is 1. The zero-order valence-electron chi connectivity index (χ0n) is 16.1. The highest BCUT2D eigenvalue weighted by Gasteiger charge is 2.37. The van der Waals surface area contributed by atoms with Crippen LogP contribution in [0.3, 0.4) is 0 Å². The van der Waals surface area contributed by atoms with Gasteiger partial charge in [0.2, 0.25) is 10.0 Å². The molecule has 0 bridgehead atoms. The fourth-order valence-electron chi connectivity index (χ4n) is 3.72. The van der Waals surface area contributed by atoms with Gasteiger partial charge < -0.3 is 10.1 Å². The van der Waals surface area contributed by atoms with E-state index < -0.39 is 15.4 Å². The molecule has 1 fully saturated rings. The minimum absolute atomic E-state index is 0.0901. The number of nitrogens with two attached hydrogens (primary N) is 1. The summed E-state index contributed by atoms with van der Waals surface area (Å²) in [6, 6.07) is 15.6. The maximum absolute atomic E-state index is 12.5. The Morgan fingerprint density at radius 1 is 1.21 bits per heavy atom. The normalized spacial score (nSPS) is 21.8. The lowest BCUT2D eigenvalue weighted by atomic mass is 9.69. The Morgan fingerprint density at radius 2 is 1.90 bits per heavy atom. The molecule has 1 amide bonds. The highest BCUT2D eigenvalue weighted by atomic mass is 32.2. The average molecular weight is 413 g/mol. The van der Waals surface area contributed by atoms with Crippen LogP contribution >= 0.6 is 0 Å². The summed E-state index contributed by atoms with van der Waals surface area (Å²) in [6.07, 6.45) is 2.51. The first kappa shape index (κ1) is 20.8. The van der Waals surface area contributed by atoms with Gasteiger partial charge in [-0.3, -0.25) is 4.79 Å². The van der Waals surface area contributed by atoms with E-state index in [-0.39, 0.29) is 22.4 Å². The first-order valence-electron chi connectivity index (χ1n) is 9.27. The van der Waals surface area contributed by atoms with Crippen molar-refractivity contribution in [3.05, 3.63) is 59.7 Å². The Hall–Kier alpha value is -2.89. The smallest absolute Gasteiger partial charge is 0.251 e. The molecule has 2 aromatic rings. The average Bonchev–Trinajstić information content (AvgIpc) is 2.74. The number of carbonyl (C=O) groups is 1. The van der Waals surface area contributed by atoms with Crippen molar-refractivity contribution in [2.75, 3.05) is 7.11 Å². The standard InChI is InChI=1S/C21H23N3O4S/c1-28-18-6-3-5-16(13-18)21(14-22)10-8-17(9-11-21)24-20(25)15-4-2-7-19(12-15)29(23,26)27/h2-7,12-13,17H,8-11H2,1H3,(H,24,25)(H2,23,26,27). The summed E-state index contributed by atoms with van der Waals surface area (Å²) in [5.74, 6) is 0.355. The zero-order valence-corrected chi connectivity index (χ0v) is 16.9. The lowest BCUT2D eigenvalue weighted by molar-refractivity contribution is 0.0922. The van der Waals surface area contributed by atoms with Crippen molar-refractivity contribution in [2.45, 2.75) is 42.0 Å². The van der Waals surface area contributed by atoms with E-state index in [1.165, 1.54) is 18.2 Å². The molecule has 1 saturated carbocycles. The second kappa shape index (κ2) is 8.23. The number of hydrogen-bond donors (Lipinski definition) is 2. The Kier molecular flexibility index (Phi) is 5.91. The molecule has 3 N–H and O–H groups in total. The predicted octanol–water partition coefficient (Wildman–Crippen LogP) is 2.48. The number of nitrogens with zero attached hydrogens (tertiary/aromatic N) is 1. The number of rotatable bonds is 5. The van der Waals surface area contributed by atoms with Gasteiger partial charge in [-0.2, -0.15) is 5.26 Å². The first-order chi connectivity index (χ1) is 13.8. The first-order valence-corrected chi connectivity index (χ1v) is 10.8. The Balaban J connectivity index is 1.69. The molecule has 0 aliphatic heterocycles. The largest absolute Gasteiger partial charge is 0.497 e. The molecule has 3 rings (SSSR count). The fourth-order valence-corrected chi connectivity index (χ4v) is 4.28. The lowest BCUT2D eigenvalue weighted by Crippen LogP contribution is -2.41. The van der Waals surface area contributed by atoms with Crippen molar-refractivity contribution in [1.82, 2.24) is 5.32 Å². The molecule has 152 valence electrons. The molecule has 0 atom stereocenters. The fraction of sp³-hybridized carbons (Fsp3) is 0.333. The molecule has 8 heteroatoms. The van der Waals surface area contributed by atoms with Crippen molar-refractivity contribution < 1.29 is 17.9 Å². The Labute approximate surface area is 170 Å². The third-order valence-corrected chi connectivity index (χ3v) is 6.35. The van der Waals surface area contributed by atoms with E-state index in [0.29, 0.717) is 31.4 Å². The lowest BCUT2D eigenvalue weighted by Gasteiger charge is -2.35. The number of nitrogens with one attached hydrogen (secondary N) is 1. The highest BCUT2D eigenvalue weighted by Crippen LogP contribution is 2.40. The van der Waals surface area contributed by atoms with E-state index in [2.05, 4.69) is 11.4 Å². The third-order valence-electron chi connectivity index (χ3n) is 5.44. The molecule has 0 heterocycles. The summed E-state index contributed by atoms with van der Waals surface area (Å²) in [7, 11) is -2.28. The molecular weight excluding hydrogens is 390 g/mol. The quantitative estimate of drug-likeness (QED) is 0.780. The van der Waals surface area contributed by atoms with Gasteiger partial charge >= 0.3 is 0 Å². The van der Waals surface area contributed by atoms with Gasteiger partial charge in [-0.05, 0) is 61.6 Å². The second-order valence-electron chi connectivity index (χ2n) is 7.25. The van der Waals surface area contributed by atoms with Crippen LogP contribution in [0.2, 0.25) is 0 Å². The SMILES string of the molecule is COc1cccc(C2(C#N)CCC(NC(=O)c3cccc(S(N)(=O)=O)c3)CC2)c1. The van der Waals surface area contributed by atoms with Crippen LogP contribution in [0.15, 0.2) is 53.4 Å². The summed E-state index contributed by atoms with van der Waals surface area (Å²) in [6.45, 7) is 0. The number of sulfonamides is 1. The van der Waals surface area contributed by atoms with E-state index in [4.69, 9.17) is 9.88 Å². The van der Waals surface area contributed by atoms with Crippen LogP contribution in [0.1, 0.15) is 41.6 Å². The maximum Gasteiger partial charge on any atom is 0.251 e. The monoisotopic (exact) mass is 413 g/mol. The molecule has 0 spiro atoms. The summed E-state index contributed by atoms with van der Waals surface area (Å²) in [5.41, 5.74) is 0.551. The molecule has 2 aromatic carbocycles. The number of nitriles is 1. The Bertz CT molecular complexity index is 1050. The number of benzene rings is 2. The van der Waals surface area contributed by atoms with Gasteiger partial charge in [-0.25, -0.2) is 13.6 Å². The van der Waals surface area contributed by atoms with Gasteiger partial charge in [0.1, 0.15) is 5.75 Å². The number of methoxy groups -OCH3 is 1. The molecule has 0 saturated heterocycles. The van der Waals surface area contributed by atoms with Gasteiger partial charge in [0, 0.05) is 11.6 Å². The topological polar surface area (TPSA) is 122 Å². The maximum atomic E-state index is 12.5. The van der Waals surface area contributed by atoms with Crippen LogP contribution in [0, 0.1) is 11.3 Å². The van der Waals surface area contributed by atoms with Crippen molar-refractivity contribution in [3.8, 4) is 11.8 Å². The molecule has 1 aliphatic carbocycles. The summed E-state index contributed by atoms with van der Waals surface area (Å²) in [5, 5.41) is 17.9. The molecule has 0 radical (unpaired) electrons. The summed E-state index contributed by atoms with van der Waals surface area (Å²) < 4.78 is 28.3. The summed E-state index contributed by atoms with van der Waals surface area (Å²) in [4.78, 5) is 12.4. The Morgan fingerprint density at radius 3 is 2.52 bits per heavy atom. The molecule has 0 aromatic heterocycles. The number of primary sulfonamides is 1. The molecule has 0 unspecified atom stereocenters. The van der Waals surface area contributed by atoms with Crippen LogP contribution in [0.4, 0.5) is 0 Å². The van der Waals surface area contributed by atoms with Crippen LogP contribution < -0.4 is 15.2 Å². The molecular formula is C21H23N3O4S. The predicted molar refractivity (Wildman–Crippen MR) is 108 cm³/mol. The highest BCUT2D eigenvalue weighted by molar-refractivity contribution is 7.89. The zero-order chi connectivity index (χ0) is 21.1. The number of carbonyl (C=O) groups excluding carboxylic acids is 1. The van der Waals surface area contributed by atoms with E-state index in [9.17, 15) is 18.5 Å². The molecule has 1 aliphatic rings. The minimum Gasteiger partial charge on any atom is -0.497 e. The van der Waals surface area contributed by atoms with Gasteiger partial charge in [-0.1, -0.05) is 18.2 Å². The van der Waals surface area contributed by atoms with Crippen LogP contribution in [0.5, 0.6) is 5.75 Å². The second-order valence-corrected chi connectivity index (χ2v) is 8.81. The molecule has 29 heavy (non-hydrogen) atoms. The van der Waals surface area contributed by atoms with E-state index in [1.807, 2.05) is 24.3 Å². The van der Waals surface area contributed by atoms with Crippen LogP contribution in [-0.2, 0) is 15.4 Å². The van der Waals surface area contributed by atoms with Crippen LogP contribution in [0.25, 0.3) is 0 Å². The number of hydrogen-bond acceptors (Lipinski definition) is 5. The van der Waals surface area contributed by atoms with Gasteiger partial charge in [0.25, 0.3) is 5.91 Å². The van der Waals surface area contributed by atoms with E-state index >= 15 is 0 Å². The van der Waals surface area contributed by atoms with Gasteiger partial charge in [-0.15, -0.1) is 0 Å². The van der Waals surface area contributed by atoms with Crippen molar-refractivity contribution in [2.24, 2.45) is 5.14 Å². The van der Waals surface area contributed by atoms with Gasteiger partial charge in [0.15, 0.2) is 0 Å². The van der Waals surface area contributed by atoms with Crippen molar-refractivity contribution in [1.29, 1.82) is 5.26 Å². The third kappa shape index (κ3) is 4.58. The van der Waals surface area contributed by atoms with Crippen molar-refractivity contribution >= 4 is 15.9 Å². The minimum atomic E-state index is -3.87.